The Kier molecular flexibility index (Phi) is 5.61. The summed E-state index contributed by atoms with van der Waals surface area (Å²) in [6.45, 7) is 1.83. The molecule has 0 fully saturated rings. The second-order valence-corrected chi connectivity index (χ2v) is 3.74. The normalized spacial score (nSPS) is 10.0. The zero-order valence-corrected chi connectivity index (χ0v) is 10.1. The van der Waals surface area contributed by atoms with Crippen molar-refractivity contribution in [2.75, 3.05) is 6.61 Å². The monoisotopic (exact) mass is 278 g/mol. The van der Waals surface area contributed by atoms with Crippen LogP contribution in [0.4, 0.5) is 22.0 Å². The number of unbranched alkanes of at least 4 members (excludes halogenated alkanes) is 2. The SMILES string of the molecule is CCCCCOc1c(F)c(F)c(C#CF)c(F)c1F. The van der Waals surface area contributed by atoms with Crippen molar-refractivity contribution in [1.82, 2.24) is 0 Å². The van der Waals surface area contributed by atoms with Gasteiger partial charge in [-0.05, 0) is 12.3 Å². The van der Waals surface area contributed by atoms with Gasteiger partial charge in [0.05, 0.1) is 6.61 Å². The highest BCUT2D eigenvalue weighted by molar-refractivity contribution is 5.42. The van der Waals surface area contributed by atoms with Gasteiger partial charge in [-0.2, -0.15) is 8.78 Å². The molecular weight excluding hydrogens is 267 g/mol. The Balaban J connectivity index is 3.09. The summed E-state index contributed by atoms with van der Waals surface area (Å²) in [6, 6.07) is 0. The highest BCUT2D eigenvalue weighted by Gasteiger charge is 2.25. The van der Waals surface area contributed by atoms with Crippen LogP contribution in [0.1, 0.15) is 31.7 Å². The zero-order valence-electron chi connectivity index (χ0n) is 10.1. The minimum Gasteiger partial charge on any atom is -0.487 e. The van der Waals surface area contributed by atoms with E-state index in [0.29, 0.717) is 12.6 Å². The topological polar surface area (TPSA) is 9.23 Å². The molecule has 0 heterocycles. The summed E-state index contributed by atoms with van der Waals surface area (Å²) < 4.78 is 70.0. The average Bonchev–Trinajstić information content (AvgIpc) is 2.40. The van der Waals surface area contributed by atoms with Crippen LogP contribution in [-0.2, 0) is 0 Å². The molecule has 0 aromatic heterocycles. The third-order valence-electron chi connectivity index (χ3n) is 2.39. The number of ether oxygens (including phenoxy) is 1. The van der Waals surface area contributed by atoms with Crippen LogP contribution in [0.3, 0.4) is 0 Å². The van der Waals surface area contributed by atoms with Gasteiger partial charge in [0.25, 0.3) is 0 Å². The molecule has 0 saturated heterocycles. The van der Waals surface area contributed by atoms with Crippen LogP contribution in [0.25, 0.3) is 0 Å². The van der Waals surface area contributed by atoms with Crippen molar-refractivity contribution in [3.8, 4) is 17.8 Å². The van der Waals surface area contributed by atoms with Crippen LogP contribution >= 0.6 is 0 Å². The van der Waals surface area contributed by atoms with Crippen LogP contribution in [0.2, 0.25) is 0 Å². The highest BCUT2D eigenvalue weighted by Crippen LogP contribution is 2.29. The van der Waals surface area contributed by atoms with Gasteiger partial charge >= 0.3 is 0 Å². The molecule has 0 aliphatic rings. The number of rotatable bonds is 5. The van der Waals surface area contributed by atoms with E-state index in [4.69, 9.17) is 4.74 Å². The molecule has 0 radical (unpaired) electrons. The van der Waals surface area contributed by atoms with Gasteiger partial charge in [-0.25, -0.2) is 8.78 Å². The summed E-state index contributed by atoms with van der Waals surface area (Å²) >= 11 is 0. The first kappa shape index (κ1) is 15.3. The second-order valence-electron chi connectivity index (χ2n) is 3.74. The highest BCUT2D eigenvalue weighted by atomic mass is 19.2. The Morgan fingerprint density at radius 2 is 1.53 bits per heavy atom. The first-order valence-corrected chi connectivity index (χ1v) is 5.64. The maximum absolute atomic E-state index is 13.4. The van der Waals surface area contributed by atoms with Crippen molar-refractivity contribution in [2.45, 2.75) is 26.2 Å². The summed E-state index contributed by atoms with van der Waals surface area (Å²) in [5, 5.41) is 0. The summed E-state index contributed by atoms with van der Waals surface area (Å²) in [5.41, 5.74) is -1.29. The third-order valence-corrected chi connectivity index (χ3v) is 2.39. The first-order valence-electron chi connectivity index (χ1n) is 5.64. The van der Waals surface area contributed by atoms with Gasteiger partial charge in [-0.1, -0.05) is 19.8 Å². The van der Waals surface area contributed by atoms with E-state index in [1.54, 1.807) is 0 Å². The molecule has 0 atom stereocenters. The van der Waals surface area contributed by atoms with E-state index in [1.807, 2.05) is 6.92 Å². The maximum atomic E-state index is 13.4. The number of halogens is 5. The number of hydrogen-bond donors (Lipinski definition) is 0. The molecule has 0 aliphatic heterocycles. The van der Waals surface area contributed by atoms with Crippen LogP contribution in [0, 0.1) is 35.4 Å². The lowest BCUT2D eigenvalue weighted by atomic mass is 10.1. The van der Waals surface area contributed by atoms with Gasteiger partial charge in [0.15, 0.2) is 17.4 Å². The molecule has 0 spiro atoms. The fraction of sp³-hybridized carbons (Fsp3) is 0.385. The molecule has 0 aliphatic carbocycles. The Morgan fingerprint density at radius 3 is 2.00 bits per heavy atom. The maximum Gasteiger partial charge on any atom is 0.205 e. The predicted octanol–water partition coefficient (Wildman–Crippen LogP) is 4.09. The molecule has 1 aromatic carbocycles. The Bertz CT molecular complexity index is 487. The van der Waals surface area contributed by atoms with E-state index in [9.17, 15) is 22.0 Å². The van der Waals surface area contributed by atoms with Crippen molar-refractivity contribution < 1.29 is 26.7 Å². The molecular formula is C13H11F5O. The third kappa shape index (κ3) is 3.37. The van der Waals surface area contributed by atoms with Crippen LogP contribution < -0.4 is 4.74 Å². The summed E-state index contributed by atoms with van der Waals surface area (Å²) in [6.07, 6.45) is 2.78. The predicted molar refractivity (Wildman–Crippen MR) is 59.3 cm³/mol. The fourth-order valence-electron chi connectivity index (χ4n) is 1.42. The van der Waals surface area contributed by atoms with E-state index in [2.05, 4.69) is 0 Å². The molecule has 104 valence electrons. The lowest BCUT2D eigenvalue weighted by molar-refractivity contribution is 0.264. The van der Waals surface area contributed by atoms with Crippen molar-refractivity contribution in [2.24, 2.45) is 0 Å². The molecule has 1 rings (SSSR count). The second kappa shape index (κ2) is 6.98. The Morgan fingerprint density at radius 1 is 0.947 bits per heavy atom. The van der Waals surface area contributed by atoms with Gasteiger partial charge in [0.1, 0.15) is 11.7 Å². The minimum absolute atomic E-state index is 0.0747. The number of hydrogen-bond acceptors (Lipinski definition) is 1. The fourth-order valence-corrected chi connectivity index (χ4v) is 1.42. The minimum atomic E-state index is -1.77. The van der Waals surface area contributed by atoms with E-state index >= 15 is 0 Å². The molecule has 0 amide bonds. The molecule has 0 saturated carbocycles. The van der Waals surface area contributed by atoms with Crippen molar-refractivity contribution in [1.29, 1.82) is 0 Å². The van der Waals surface area contributed by atoms with Crippen molar-refractivity contribution in [3.63, 3.8) is 0 Å². The van der Waals surface area contributed by atoms with Crippen molar-refractivity contribution in [3.05, 3.63) is 28.8 Å². The van der Waals surface area contributed by atoms with Crippen molar-refractivity contribution >= 4 is 0 Å². The lowest BCUT2D eigenvalue weighted by Gasteiger charge is -2.10. The molecule has 1 aromatic rings. The Hall–Kier alpha value is -1.77. The van der Waals surface area contributed by atoms with E-state index in [1.165, 1.54) is 5.92 Å². The summed E-state index contributed by atoms with van der Waals surface area (Å²) in [5.74, 6) is -6.78. The molecule has 0 N–H and O–H groups in total. The van der Waals surface area contributed by atoms with Gasteiger partial charge in [-0.15, -0.1) is 4.39 Å². The summed E-state index contributed by atoms with van der Waals surface area (Å²) in [7, 11) is 0. The average molecular weight is 278 g/mol. The number of benzene rings is 1. The molecule has 1 nitrogen and oxygen atoms in total. The zero-order chi connectivity index (χ0) is 14.4. The molecule has 19 heavy (non-hydrogen) atoms. The molecule has 0 bridgehead atoms. The molecule has 6 heteroatoms. The first-order chi connectivity index (χ1) is 9.04. The smallest absolute Gasteiger partial charge is 0.205 e. The molecule has 0 unspecified atom stereocenters. The standard InChI is InChI=1S/C13H11F5O/c1-2-3-4-7-19-13-11(17)9(15)8(5-6-14)10(16)12(13)18/h2-4,7H2,1H3. The van der Waals surface area contributed by atoms with Crippen LogP contribution in [0.15, 0.2) is 0 Å². The van der Waals surface area contributed by atoms with E-state index in [-0.39, 0.29) is 6.61 Å². The van der Waals surface area contributed by atoms with E-state index in [0.717, 1.165) is 12.8 Å². The van der Waals surface area contributed by atoms with Gasteiger partial charge in [0.2, 0.25) is 11.6 Å². The van der Waals surface area contributed by atoms with Gasteiger partial charge < -0.3 is 4.74 Å². The Labute approximate surface area is 107 Å². The lowest BCUT2D eigenvalue weighted by Crippen LogP contribution is -2.07. The van der Waals surface area contributed by atoms with Crippen LogP contribution in [0.5, 0.6) is 5.75 Å². The largest absolute Gasteiger partial charge is 0.487 e. The summed E-state index contributed by atoms with van der Waals surface area (Å²) in [4.78, 5) is 0. The van der Waals surface area contributed by atoms with Crippen LogP contribution in [-0.4, -0.2) is 6.61 Å². The van der Waals surface area contributed by atoms with Gasteiger partial charge in [0, 0.05) is 0 Å². The van der Waals surface area contributed by atoms with E-state index < -0.39 is 34.6 Å². The quantitative estimate of drug-likeness (QED) is 0.341. The van der Waals surface area contributed by atoms with Gasteiger partial charge in [-0.3, -0.25) is 0 Å².